The maximum atomic E-state index is 6.59. The Morgan fingerprint density at radius 2 is 1.35 bits per heavy atom. The summed E-state index contributed by atoms with van der Waals surface area (Å²) in [6.07, 6.45) is 14.4. The van der Waals surface area contributed by atoms with Crippen LogP contribution in [0.15, 0.2) is 24.3 Å². The molecule has 0 saturated heterocycles. The summed E-state index contributed by atoms with van der Waals surface area (Å²) in [5.74, 6) is 0. The van der Waals surface area contributed by atoms with Gasteiger partial charge in [-0.15, -0.1) is 0 Å². The maximum absolute atomic E-state index is 6.59. The van der Waals surface area contributed by atoms with Crippen LogP contribution in [-0.2, 0) is 12.8 Å². The standard InChI is InChI=1S/C19H31N/c1-2-3-4-5-6-7-8-11-14-19(20)15-17-12-9-10-13-18(17)16-19/h9-10,12-13H,2-8,11,14-16,20H2,1H3. The van der Waals surface area contributed by atoms with E-state index in [1.54, 1.807) is 0 Å². The molecule has 0 amide bonds. The Balaban J connectivity index is 1.59. The molecule has 0 fully saturated rings. The van der Waals surface area contributed by atoms with E-state index >= 15 is 0 Å². The molecule has 1 aromatic rings. The van der Waals surface area contributed by atoms with E-state index in [0.717, 1.165) is 12.8 Å². The molecule has 1 aromatic carbocycles. The lowest BCUT2D eigenvalue weighted by molar-refractivity contribution is 0.390. The predicted molar refractivity (Wildman–Crippen MR) is 88.0 cm³/mol. The highest BCUT2D eigenvalue weighted by molar-refractivity contribution is 5.35. The van der Waals surface area contributed by atoms with Crippen molar-refractivity contribution in [2.45, 2.75) is 83.1 Å². The molecule has 0 atom stereocenters. The number of benzene rings is 1. The zero-order chi connectivity index (χ0) is 14.3. The lowest BCUT2D eigenvalue weighted by Crippen LogP contribution is -2.40. The van der Waals surface area contributed by atoms with E-state index < -0.39 is 0 Å². The average molecular weight is 273 g/mol. The van der Waals surface area contributed by atoms with E-state index in [2.05, 4.69) is 31.2 Å². The van der Waals surface area contributed by atoms with Crippen molar-refractivity contribution in [3.63, 3.8) is 0 Å². The summed E-state index contributed by atoms with van der Waals surface area (Å²) >= 11 is 0. The van der Waals surface area contributed by atoms with Crippen molar-refractivity contribution in [3.8, 4) is 0 Å². The third-order valence-corrected chi connectivity index (χ3v) is 4.73. The zero-order valence-corrected chi connectivity index (χ0v) is 13.2. The number of hydrogen-bond donors (Lipinski definition) is 1. The summed E-state index contributed by atoms with van der Waals surface area (Å²) in [5, 5.41) is 0. The highest BCUT2D eigenvalue weighted by atomic mass is 14.7. The van der Waals surface area contributed by atoms with Crippen LogP contribution in [-0.4, -0.2) is 5.54 Å². The second-order valence-electron chi connectivity index (χ2n) is 6.71. The van der Waals surface area contributed by atoms with Gasteiger partial charge >= 0.3 is 0 Å². The van der Waals surface area contributed by atoms with Gasteiger partial charge in [-0.05, 0) is 30.4 Å². The lowest BCUT2D eigenvalue weighted by atomic mass is 9.90. The van der Waals surface area contributed by atoms with Gasteiger partial charge in [-0.25, -0.2) is 0 Å². The van der Waals surface area contributed by atoms with Gasteiger partial charge < -0.3 is 5.73 Å². The third kappa shape index (κ3) is 4.63. The van der Waals surface area contributed by atoms with Crippen LogP contribution in [0.4, 0.5) is 0 Å². The van der Waals surface area contributed by atoms with Crippen LogP contribution in [0.1, 0.15) is 75.8 Å². The van der Waals surface area contributed by atoms with Crippen LogP contribution in [0, 0.1) is 0 Å². The molecule has 0 saturated carbocycles. The minimum absolute atomic E-state index is 0.0475. The van der Waals surface area contributed by atoms with Gasteiger partial charge in [0.25, 0.3) is 0 Å². The van der Waals surface area contributed by atoms with Crippen molar-refractivity contribution in [1.82, 2.24) is 0 Å². The van der Waals surface area contributed by atoms with Crippen LogP contribution < -0.4 is 5.73 Å². The van der Waals surface area contributed by atoms with Gasteiger partial charge in [0.2, 0.25) is 0 Å². The fraction of sp³-hybridized carbons (Fsp3) is 0.684. The van der Waals surface area contributed by atoms with Crippen molar-refractivity contribution in [2.24, 2.45) is 5.73 Å². The van der Waals surface area contributed by atoms with Gasteiger partial charge in [-0.1, -0.05) is 82.6 Å². The monoisotopic (exact) mass is 273 g/mol. The van der Waals surface area contributed by atoms with Gasteiger partial charge in [-0.2, -0.15) is 0 Å². The number of rotatable bonds is 9. The molecule has 0 unspecified atom stereocenters. The van der Waals surface area contributed by atoms with E-state index in [1.165, 1.54) is 68.9 Å². The number of unbranched alkanes of at least 4 members (excludes halogenated alkanes) is 7. The topological polar surface area (TPSA) is 26.0 Å². The smallest absolute Gasteiger partial charge is 0.0236 e. The molecule has 1 aliphatic rings. The minimum Gasteiger partial charge on any atom is -0.324 e. The largest absolute Gasteiger partial charge is 0.324 e. The highest BCUT2D eigenvalue weighted by Crippen LogP contribution is 2.31. The fourth-order valence-electron chi connectivity index (χ4n) is 3.51. The average Bonchev–Trinajstić information content (AvgIpc) is 2.78. The van der Waals surface area contributed by atoms with Gasteiger partial charge in [0, 0.05) is 5.54 Å². The molecular formula is C19H31N. The Kier molecular flexibility index (Phi) is 6.09. The molecule has 20 heavy (non-hydrogen) atoms. The van der Waals surface area contributed by atoms with Gasteiger partial charge in [0.15, 0.2) is 0 Å². The van der Waals surface area contributed by atoms with E-state index in [1.807, 2.05) is 0 Å². The molecule has 112 valence electrons. The molecule has 0 aromatic heterocycles. The van der Waals surface area contributed by atoms with Crippen molar-refractivity contribution < 1.29 is 0 Å². The SMILES string of the molecule is CCCCCCCCCCC1(N)Cc2ccccc2C1. The van der Waals surface area contributed by atoms with Crippen LogP contribution in [0.25, 0.3) is 0 Å². The molecule has 1 heteroatoms. The quantitative estimate of drug-likeness (QED) is 0.629. The molecular weight excluding hydrogens is 242 g/mol. The van der Waals surface area contributed by atoms with Crippen molar-refractivity contribution in [2.75, 3.05) is 0 Å². The van der Waals surface area contributed by atoms with Gasteiger partial charge in [-0.3, -0.25) is 0 Å². The summed E-state index contributed by atoms with van der Waals surface area (Å²) in [5.41, 5.74) is 9.60. The zero-order valence-electron chi connectivity index (χ0n) is 13.2. The van der Waals surface area contributed by atoms with Gasteiger partial charge in [0.1, 0.15) is 0 Å². The summed E-state index contributed by atoms with van der Waals surface area (Å²) in [4.78, 5) is 0. The van der Waals surface area contributed by atoms with E-state index in [0.29, 0.717) is 0 Å². The van der Waals surface area contributed by atoms with Crippen LogP contribution >= 0.6 is 0 Å². The molecule has 2 rings (SSSR count). The van der Waals surface area contributed by atoms with Gasteiger partial charge in [0.05, 0.1) is 0 Å². The Morgan fingerprint density at radius 3 is 1.90 bits per heavy atom. The maximum Gasteiger partial charge on any atom is 0.0236 e. The van der Waals surface area contributed by atoms with Crippen LogP contribution in [0.5, 0.6) is 0 Å². The van der Waals surface area contributed by atoms with E-state index in [9.17, 15) is 0 Å². The summed E-state index contributed by atoms with van der Waals surface area (Å²) < 4.78 is 0. The minimum atomic E-state index is 0.0475. The predicted octanol–water partition coefficient (Wildman–Crippen LogP) is 5.01. The van der Waals surface area contributed by atoms with Crippen molar-refractivity contribution in [3.05, 3.63) is 35.4 Å². The first-order valence-electron chi connectivity index (χ1n) is 8.59. The Morgan fingerprint density at radius 1 is 0.850 bits per heavy atom. The van der Waals surface area contributed by atoms with Crippen molar-refractivity contribution >= 4 is 0 Å². The Bertz CT molecular complexity index is 372. The molecule has 2 N–H and O–H groups in total. The molecule has 1 aliphatic carbocycles. The van der Waals surface area contributed by atoms with Crippen LogP contribution in [0.3, 0.4) is 0 Å². The highest BCUT2D eigenvalue weighted by Gasteiger charge is 2.32. The van der Waals surface area contributed by atoms with Crippen LogP contribution in [0.2, 0.25) is 0 Å². The second kappa shape index (κ2) is 7.83. The summed E-state index contributed by atoms with van der Waals surface area (Å²) in [6.45, 7) is 2.28. The van der Waals surface area contributed by atoms with E-state index in [-0.39, 0.29) is 5.54 Å². The Labute approximate surface area is 125 Å². The molecule has 0 aliphatic heterocycles. The normalized spacial score (nSPS) is 16.3. The molecule has 0 spiro atoms. The lowest BCUT2D eigenvalue weighted by Gasteiger charge is -2.23. The summed E-state index contributed by atoms with van der Waals surface area (Å²) in [7, 11) is 0. The number of hydrogen-bond acceptors (Lipinski definition) is 1. The Hall–Kier alpha value is -0.820. The molecule has 0 bridgehead atoms. The first kappa shape index (κ1) is 15.6. The number of nitrogens with two attached hydrogens (primary N) is 1. The first-order chi connectivity index (χ1) is 9.73. The van der Waals surface area contributed by atoms with E-state index in [4.69, 9.17) is 5.73 Å². The second-order valence-corrected chi connectivity index (χ2v) is 6.71. The molecule has 0 radical (unpaired) electrons. The van der Waals surface area contributed by atoms with Crippen molar-refractivity contribution in [1.29, 1.82) is 0 Å². The molecule has 0 heterocycles. The molecule has 1 nitrogen and oxygen atoms in total. The summed E-state index contributed by atoms with van der Waals surface area (Å²) in [6, 6.07) is 8.77. The number of fused-ring (bicyclic) bond motifs is 1. The third-order valence-electron chi connectivity index (χ3n) is 4.73. The fourth-order valence-corrected chi connectivity index (χ4v) is 3.51. The first-order valence-corrected chi connectivity index (χ1v) is 8.59.